The van der Waals surface area contributed by atoms with Gasteiger partial charge in [-0.3, -0.25) is 0 Å². The maximum Gasteiger partial charge on any atom is 0.181 e. The lowest BCUT2D eigenvalue weighted by Crippen LogP contribution is -2.04. The maximum absolute atomic E-state index is 5.84. The van der Waals surface area contributed by atoms with Crippen LogP contribution in [-0.4, -0.2) is 19.9 Å². The van der Waals surface area contributed by atoms with Gasteiger partial charge in [-0.2, -0.15) is 0 Å². The third-order valence-corrected chi connectivity index (χ3v) is 3.82. The van der Waals surface area contributed by atoms with Crippen LogP contribution in [0.5, 0.6) is 0 Å². The Morgan fingerprint density at radius 2 is 1.95 bits per heavy atom. The quantitative estimate of drug-likeness (QED) is 0.715. The lowest BCUT2D eigenvalue weighted by atomic mass is 10.1. The molecule has 3 rings (SSSR count). The van der Waals surface area contributed by atoms with Crippen molar-refractivity contribution in [1.29, 1.82) is 0 Å². The molecule has 0 spiro atoms. The molecule has 0 amide bonds. The van der Waals surface area contributed by atoms with E-state index in [2.05, 4.69) is 19.9 Å². The standard InChI is InChI=1S/C13H13N5S/c1-8(14)9-2-4-10(5-3-9)19-13-11-12(16-6-15-11)17-7-18-13/h2-8H,14H2,1H3,(H,15,16,17,18)/t8-/m0/s1. The largest absolute Gasteiger partial charge is 0.341 e. The van der Waals surface area contributed by atoms with Crippen molar-refractivity contribution in [2.45, 2.75) is 22.9 Å². The van der Waals surface area contributed by atoms with Gasteiger partial charge in [0.15, 0.2) is 5.65 Å². The van der Waals surface area contributed by atoms with Crippen LogP contribution in [0.15, 0.2) is 46.8 Å². The number of nitrogens with two attached hydrogens (primary N) is 1. The van der Waals surface area contributed by atoms with Crippen molar-refractivity contribution in [3.8, 4) is 0 Å². The van der Waals surface area contributed by atoms with Gasteiger partial charge in [0.25, 0.3) is 0 Å². The first-order chi connectivity index (χ1) is 9.24. The SMILES string of the molecule is C[C@H](N)c1ccc(Sc2ncnc3nc[nH]c23)cc1. The molecule has 96 valence electrons. The molecular formula is C13H13N5S. The second-order valence-electron chi connectivity index (χ2n) is 4.24. The number of nitrogens with zero attached hydrogens (tertiary/aromatic N) is 3. The first kappa shape index (κ1) is 12.1. The first-order valence-electron chi connectivity index (χ1n) is 5.91. The normalized spacial score (nSPS) is 12.7. The molecule has 0 fully saturated rings. The third-order valence-electron chi connectivity index (χ3n) is 2.81. The minimum absolute atomic E-state index is 0.0532. The van der Waals surface area contributed by atoms with Crippen molar-refractivity contribution in [2.24, 2.45) is 5.73 Å². The van der Waals surface area contributed by atoms with Gasteiger partial charge in [-0.05, 0) is 24.6 Å². The first-order valence-corrected chi connectivity index (χ1v) is 6.73. The summed E-state index contributed by atoms with van der Waals surface area (Å²) >= 11 is 1.58. The Kier molecular flexibility index (Phi) is 3.18. The highest BCUT2D eigenvalue weighted by molar-refractivity contribution is 7.99. The fraction of sp³-hybridized carbons (Fsp3) is 0.154. The number of hydrogen-bond donors (Lipinski definition) is 2. The van der Waals surface area contributed by atoms with Crippen molar-refractivity contribution < 1.29 is 0 Å². The number of aromatic amines is 1. The Morgan fingerprint density at radius 3 is 2.68 bits per heavy atom. The van der Waals surface area contributed by atoms with E-state index in [1.807, 2.05) is 31.2 Å². The van der Waals surface area contributed by atoms with E-state index in [1.54, 1.807) is 18.1 Å². The Morgan fingerprint density at radius 1 is 1.16 bits per heavy atom. The molecule has 1 atom stereocenters. The topological polar surface area (TPSA) is 80.5 Å². The van der Waals surface area contributed by atoms with Crippen LogP contribution in [0.2, 0.25) is 0 Å². The van der Waals surface area contributed by atoms with Crippen LogP contribution in [-0.2, 0) is 0 Å². The van der Waals surface area contributed by atoms with Gasteiger partial charge in [-0.15, -0.1) is 0 Å². The Bertz CT molecular complexity index is 690. The van der Waals surface area contributed by atoms with Crippen LogP contribution in [0.4, 0.5) is 0 Å². The second-order valence-corrected chi connectivity index (χ2v) is 5.30. The van der Waals surface area contributed by atoms with E-state index in [4.69, 9.17) is 5.73 Å². The molecule has 3 aromatic rings. The fourth-order valence-corrected chi connectivity index (χ4v) is 2.62. The molecule has 0 aliphatic rings. The summed E-state index contributed by atoms with van der Waals surface area (Å²) in [5, 5.41) is 0.871. The number of H-pyrrole nitrogens is 1. The van der Waals surface area contributed by atoms with Crippen LogP contribution < -0.4 is 5.73 Å². The molecule has 0 aliphatic carbocycles. The average molecular weight is 271 g/mol. The molecule has 3 N–H and O–H groups in total. The minimum Gasteiger partial charge on any atom is -0.341 e. The van der Waals surface area contributed by atoms with Crippen molar-refractivity contribution >= 4 is 22.9 Å². The molecule has 0 radical (unpaired) electrons. The summed E-state index contributed by atoms with van der Waals surface area (Å²) in [5.41, 5.74) is 8.51. The van der Waals surface area contributed by atoms with E-state index in [0.29, 0.717) is 5.65 Å². The predicted octanol–water partition coefficient (Wildman–Crippen LogP) is 2.52. The molecule has 6 heteroatoms. The summed E-state index contributed by atoms with van der Waals surface area (Å²) in [5.74, 6) is 0. The van der Waals surface area contributed by atoms with Gasteiger partial charge in [-0.25, -0.2) is 15.0 Å². The van der Waals surface area contributed by atoms with E-state index in [0.717, 1.165) is 21.0 Å². The molecule has 2 heterocycles. The highest BCUT2D eigenvalue weighted by atomic mass is 32.2. The van der Waals surface area contributed by atoms with Crippen LogP contribution >= 0.6 is 11.8 Å². The van der Waals surface area contributed by atoms with E-state index in [1.165, 1.54) is 6.33 Å². The van der Waals surface area contributed by atoms with E-state index >= 15 is 0 Å². The van der Waals surface area contributed by atoms with Gasteiger partial charge < -0.3 is 10.7 Å². The zero-order valence-electron chi connectivity index (χ0n) is 10.4. The number of benzene rings is 1. The molecule has 19 heavy (non-hydrogen) atoms. The highest BCUT2D eigenvalue weighted by Crippen LogP contribution is 2.30. The smallest absolute Gasteiger partial charge is 0.181 e. The van der Waals surface area contributed by atoms with E-state index in [-0.39, 0.29) is 6.04 Å². The van der Waals surface area contributed by atoms with Crippen molar-refractivity contribution in [3.63, 3.8) is 0 Å². The Balaban J connectivity index is 1.90. The molecule has 0 saturated carbocycles. The van der Waals surface area contributed by atoms with E-state index < -0.39 is 0 Å². The molecule has 1 aromatic carbocycles. The molecule has 0 aliphatic heterocycles. The predicted molar refractivity (Wildman–Crippen MR) is 74.9 cm³/mol. The van der Waals surface area contributed by atoms with Gasteiger partial charge in [0.05, 0.1) is 6.33 Å². The van der Waals surface area contributed by atoms with Crippen molar-refractivity contribution in [1.82, 2.24) is 19.9 Å². The van der Waals surface area contributed by atoms with Crippen LogP contribution in [0, 0.1) is 0 Å². The van der Waals surface area contributed by atoms with Gasteiger partial charge in [0.2, 0.25) is 0 Å². The third kappa shape index (κ3) is 2.45. The summed E-state index contributed by atoms with van der Waals surface area (Å²) < 4.78 is 0. The van der Waals surface area contributed by atoms with Crippen LogP contribution in [0.25, 0.3) is 11.2 Å². The number of aromatic nitrogens is 4. The number of fused-ring (bicyclic) bond motifs is 1. The summed E-state index contributed by atoms with van der Waals surface area (Å²) in [6.45, 7) is 1.97. The summed E-state index contributed by atoms with van der Waals surface area (Å²) in [6, 6.07) is 8.23. The lowest BCUT2D eigenvalue weighted by molar-refractivity contribution is 0.817. The van der Waals surface area contributed by atoms with E-state index in [9.17, 15) is 0 Å². The minimum atomic E-state index is 0.0532. The summed E-state index contributed by atoms with van der Waals surface area (Å²) in [6.07, 6.45) is 3.16. The molecule has 0 saturated heterocycles. The maximum atomic E-state index is 5.84. The number of imidazole rings is 1. The van der Waals surface area contributed by atoms with Gasteiger partial charge in [0, 0.05) is 10.9 Å². The molecule has 2 aromatic heterocycles. The van der Waals surface area contributed by atoms with Crippen molar-refractivity contribution in [3.05, 3.63) is 42.5 Å². The Hall–Kier alpha value is -1.92. The molecule has 5 nitrogen and oxygen atoms in total. The van der Waals surface area contributed by atoms with Crippen molar-refractivity contribution in [2.75, 3.05) is 0 Å². The fourth-order valence-electron chi connectivity index (χ4n) is 1.77. The lowest BCUT2D eigenvalue weighted by Gasteiger charge is -2.06. The molecule has 0 bridgehead atoms. The molecule has 0 unspecified atom stereocenters. The Labute approximate surface area is 114 Å². The van der Waals surface area contributed by atoms with Gasteiger partial charge in [0.1, 0.15) is 16.9 Å². The number of hydrogen-bond acceptors (Lipinski definition) is 5. The van der Waals surface area contributed by atoms with Crippen LogP contribution in [0.1, 0.15) is 18.5 Å². The highest BCUT2D eigenvalue weighted by Gasteiger charge is 2.07. The zero-order valence-corrected chi connectivity index (χ0v) is 11.2. The number of nitrogens with one attached hydrogen (secondary N) is 1. The summed E-state index contributed by atoms with van der Waals surface area (Å²) in [4.78, 5) is 16.7. The average Bonchev–Trinajstić information content (AvgIpc) is 2.89. The molecular weight excluding hydrogens is 258 g/mol. The van der Waals surface area contributed by atoms with Gasteiger partial charge >= 0.3 is 0 Å². The monoisotopic (exact) mass is 271 g/mol. The van der Waals surface area contributed by atoms with Gasteiger partial charge in [-0.1, -0.05) is 23.9 Å². The zero-order chi connectivity index (χ0) is 13.2. The second kappa shape index (κ2) is 4.99. The summed E-state index contributed by atoms with van der Waals surface area (Å²) in [7, 11) is 0. The van der Waals surface area contributed by atoms with Crippen LogP contribution in [0.3, 0.4) is 0 Å². The number of rotatable bonds is 3.